The predicted octanol–water partition coefficient (Wildman–Crippen LogP) is 3.87. The van der Waals surface area contributed by atoms with Crippen LogP contribution in [0.1, 0.15) is 25.0 Å². The van der Waals surface area contributed by atoms with E-state index >= 15 is 0 Å². The molecule has 0 bridgehead atoms. The van der Waals surface area contributed by atoms with Crippen molar-refractivity contribution in [2.45, 2.75) is 43.6 Å². The number of thioether (sulfide) groups is 1. The molecule has 5 rings (SSSR count). The highest BCUT2D eigenvalue weighted by Gasteiger charge is 2.34. The fraction of sp³-hybridized carbons (Fsp3) is 0.400. The van der Waals surface area contributed by atoms with Gasteiger partial charge in [-0.25, -0.2) is 0 Å². The van der Waals surface area contributed by atoms with Gasteiger partial charge in [0, 0.05) is 24.8 Å². The normalized spacial score (nSPS) is 18.9. The molecule has 2 unspecified atom stereocenters. The number of aryl methyl sites for hydroxylation is 1. The van der Waals surface area contributed by atoms with Gasteiger partial charge in [-0.1, -0.05) is 48.2 Å². The van der Waals surface area contributed by atoms with Crippen LogP contribution in [0.25, 0.3) is 5.69 Å². The smallest absolute Gasteiger partial charge is 0.240 e. The molecule has 2 aliphatic rings. The fourth-order valence-corrected chi connectivity index (χ4v) is 5.54. The topological polar surface area (TPSA) is 63.5 Å². The Hall–Kier alpha value is -2.84. The molecular weight excluding hydrogens is 434 g/mol. The van der Waals surface area contributed by atoms with Gasteiger partial charge in [0.1, 0.15) is 0 Å². The molecule has 2 aromatic carbocycles. The van der Waals surface area contributed by atoms with Gasteiger partial charge in [-0.3, -0.25) is 9.36 Å². The lowest BCUT2D eigenvalue weighted by Crippen LogP contribution is -2.40. The lowest BCUT2D eigenvalue weighted by molar-refractivity contribution is -0.118. The van der Waals surface area contributed by atoms with E-state index in [-0.39, 0.29) is 17.2 Å². The first-order chi connectivity index (χ1) is 16.0. The summed E-state index contributed by atoms with van der Waals surface area (Å²) in [5.41, 5.74) is 4.42. The minimum atomic E-state index is -0.303. The first kappa shape index (κ1) is 22.0. The fourth-order valence-electron chi connectivity index (χ4n) is 4.64. The van der Waals surface area contributed by atoms with Gasteiger partial charge >= 0.3 is 0 Å². The average Bonchev–Trinajstić information content (AvgIpc) is 3.39. The Labute approximate surface area is 198 Å². The average molecular weight is 464 g/mol. The molecule has 1 saturated heterocycles. The largest absolute Gasteiger partial charge is 0.378 e. The predicted molar refractivity (Wildman–Crippen MR) is 132 cm³/mol. The van der Waals surface area contributed by atoms with Crippen LogP contribution in [-0.4, -0.2) is 58.3 Å². The van der Waals surface area contributed by atoms with Crippen LogP contribution in [0.3, 0.4) is 0 Å². The van der Waals surface area contributed by atoms with E-state index in [1.165, 1.54) is 17.3 Å². The van der Waals surface area contributed by atoms with Crippen LogP contribution in [0.5, 0.6) is 0 Å². The van der Waals surface area contributed by atoms with Gasteiger partial charge in [0.25, 0.3) is 0 Å². The Balaban J connectivity index is 1.46. The highest BCUT2D eigenvalue weighted by atomic mass is 32.2. The summed E-state index contributed by atoms with van der Waals surface area (Å²) in [6.07, 6.45) is 0.889. The Morgan fingerprint density at radius 2 is 1.76 bits per heavy atom. The second kappa shape index (κ2) is 9.19. The van der Waals surface area contributed by atoms with Crippen LogP contribution in [-0.2, 0) is 16.0 Å². The number of fused-ring (bicyclic) bond motifs is 1. The molecule has 0 N–H and O–H groups in total. The number of anilines is 2. The van der Waals surface area contributed by atoms with Crippen LogP contribution in [0.15, 0.2) is 53.7 Å². The van der Waals surface area contributed by atoms with Crippen molar-refractivity contribution in [2.75, 3.05) is 36.1 Å². The Morgan fingerprint density at radius 1 is 1.06 bits per heavy atom. The zero-order chi connectivity index (χ0) is 22.9. The van der Waals surface area contributed by atoms with E-state index in [9.17, 15) is 4.79 Å². The number of nitrogens with zero attached hydrogens (tertiary/aromatic N) is 5. The van der Waals surface area contributed by atoms with Crippen LogP contribution >= 0.6 is 11.8 Å². The molecule has 2 aliphatic heterocycles. The first-order valence-electron chi connectivity index (χ1n) is 11.5. The maximum Gasteiger partial charge on any atom is 0.240 e. The molecule has 3 aromatic rings. The molecule has 1 fully saturated rings. The van der Waals surface area contributed by atoms with Crippen molar-refractivity contribution in [3.05, 3.63) is 59.7 Å². The Morgan fingerprint density at radius 3 is 2.52 bits per heavy atom. The molecule has 33 heavy (non-hydrogen) atoms. The highest BCUT2D eigenvalue weighted by molar-refractivity contribution is 8.00. The summed E-state index contributed by atoms with van der Waals surface area (Å²) < 4.78 is 7.63. The monoisotopic (exact) mass is 463 g/mol. The number of para-hydroxylation sites is 2. The standard InChI is InChI=1S/C25H29N5O2S/c1-17-8-4-6-10-21(17)30-24(28-12-14-32-15-13-28)26-27-25(30)33-19(3)23(31)29-18(2)16-20-9-5-7-11-22(20)29/h4-11,18-19H,12-16H2,1-3H3. The third kappa shape index (κ3) is 4.13. The maximum atomic E-state index is 13.6. The van der Waals surface area contributed by atoms with Gasteiger partial charge in [0.05, 0.1) is 24.2 Å². The molecule has 3 heterocycles. The first-order valence-corrected chi connectivity index (χ1v) is 12.3. The molecule has 8 heteroatoms. The van der Waals surface area contributed by atoms with Crippen LogP contribution in [0.4, 0.5) is 11.6 Å². The van der Waals surface area contributed by atoms with E-state index < -0.39 is 0 Å². The van der Waals surface area contributed by atoms with E-state index in [1.807, 2.05) is 42.2 Å². The number of rotatable bonds is 5. The van der Waals surface area contributed by atoms with Gasteiger partial charge < -0.3 is 14.5 Å². The van der Waals surface area contributed by atoms with Crippen molar-refractivity contribution < 1.29 is 9.53 Å². The van der Waals surface area contributed by atoms with Gasteiger partial charge in [0.2, 0.25) is 11.9 Å². The van der Waals surface area contributed by atoms with E-state index in [2.05, 4.69) is 51.7 Å². The second-order valence-electron chi connectivity index (χ2n) is 8.65. The summed E-state index contributed by atoms with van der Waals surface area (Å²) in [7, 11) is 0. The number of hydrogen-bond acceptors (Lipinski definition) is 6. The van der Waals surface area contributed by atoms with Crippen molar-refractivity contribution in [2.24, 2.45) is 0 Å². The van der Waals surface area contributed by atoms with E-state index in [4.69, 9.17) is 4.74 Å². The summed E-state index contributed by atoms with van der Waals surface area (Å²) in [6, 6.07) is 16.6. The number of morpholine rings is 1. The summed E-state index contributed by atoms with van der Waals surface area (Å²) in [5, 5.41) is 9.53. The number of carbonyl (C=O) groups excluding carboxylic acids is 1. The molecular formula is C25H29N5O2S. The summed E-state index contributed by atoms with van der Waals surface area (Å²) >= 11 is 1.47. The van der Waals surface area contributed by atoms with Crippen LogP contribution < -0.4 is 9.80 Å². The van der Waals surface area contributed by atoms with Crippen molar-refractivity contribution in [3.8, 4) is 5.69 Å². The van der Waals surface area contributed by atoms with Crippen molar-refractivity contribution in [3.63, 3.8) is 0 Å². The third-order valence-corrected chi connectivity index (χ3v) is 7.37. The molecule has 7 nitrogen and oxygen atoms in total. The quantitative estimate of drug-likeness (QED) is 0.536. The zero-order valence-corrected chi connectivity index (χ0v) is 20.1. The minimum absolute atomic E-state index is 0.102. The second-order valence-corrected chi connectivity index (χ2v) is 9.96. The van der Waals surface area contributed by atoms with Crippen molar-refractivity contribution in [1.29, 1.82) is 0 Å². The maximum absolute atomic E-state index is 13.6. The molecule has 1 amide bonds. The van der Waals surface area contributed by atoms with E-state index in [0.717, 1.165) is 47.6 Å². The van der Waals surface area contributed by atoms with E-state index in [1.54, 1.807) is 0 Å². The number of carbonyl (C=O) groups is 1. The zero-order valence-electron chi connectivity index (χ0n) is 19.3. The SMILES string of the molecule is Cc1ccccc1-n1c(SC(C)C(=O)N2c3ccccc3CC2C)nnc1N1CCOCC1. The van der Waals surface area contributed by atoms with Gasteiger partial charge in [-0.15, -0.1) is 10.2 Å². The van der Waals surface area contributed by atoms with E-state index in [0.29, 0.717) is 13.2 Å². The summed E-state index contributed by atoms with van der Waals surface area (Å²) in [4.78, 5) is 17.7. The Bertz CT molecular complexity index is 1160. The third-order valence-electron chi connectivity index (χ3n) is 6.34. The summed E-state index contributed by atoms with van der Waals surface area (Å²) in [5.74, 6) is 0.902. The van der Waals surface area contributed by atoms with Gasteiger partial charge in [-0.05, 0) is 50.5 Å². The van der Waals surface area contributed by atoms with Gasteiger partial charge in [0.15, 0.2) is 5.16 Å². The number of benzene rings is 2. The lowest BCUT2D eigenvalue weighted by Gasteiger charge is -2.28. The van der Waals surface area contributed by atoms with Crippen LogP contribution in [0.2, 0.25) is 0 Å². The number of aromatic nitrogens is 3. The Kier molecular flexibility index (Phi) is 6.12. The number of hydrogen-bond donors (Lipinski definition) is 0. The molecule has 0 radical (unpaired) electrons. The van der Waals surface area contributed by atoms with Gasteiger partial charge in [-0.2, -0.15) is 0 Å². The molecule has 1 aromatic heterocycles. The lowest BCUT2D eigenvalue weighted by atomic mass is 10.1. The molecule has 0 spiro atoms. The van der Waals surface area contributed by atoms with Crippen molar-refractivity contribution in [1.82, 2.24) is 14.8 Å². The summed E-state index contributed by atoms with van der Waals surface area (Å²) in [6.45, 7) is 9.04. The molecule has 0 aliphatic carbocycles. The highest BCUT2D eigenvalue weighted by Crippen LogP contribution is 2.36. The minimum Gasteiger partial charge on any atom is -0.378 e. The number of ether oxygens (including phenoxy) is 1. The van der Waals surface area contributed by atoms with Crippen LogP contribution in [0, 0.1) is 6.92 Å². The molecule has 0 saturated carbocycles. The molecule has 2 atom stereocenters. The number of amides is 1. The van der Waals surface area contributed by atoms with Crippen molar-refractivity contribution >= 4 is 29.3 Å². The molecule has 172 valence electrons.